The van der Waals surface area contributed by atoms with Crippen molar-refractivity contribution in [2.75, 3.05) is 11.1 Å². The van der Waals surface area contributed by atoms with Gasteiger partial charge in [0.05, 0.1) is 5.02 Å². The molecule has 0 unspecified atom stereocenters. The fraction of sp³-hybridized carbons (Fsp3) is 0. The van der Waals surface area contributed by atoms with Crippen molar-refractivity contribution in [1.82, 2.24) is 4.98 Å². The van der Waals surface area contributed by atoms with E-state index in [4.69, 9.17) is 17.3 Å². The average Bonchev–Trinajstić information content (AvgIpc) is 2.46. The maximum absolute atomic E-state index is 13.2. The number of pyridine rings is 1. The minimum absolute atomic E-state index is 0.0767. The molecule has 0 bridgehead atoms. The highest BCUT2D eigenvalue weighted by Gasteiger charge is 2.06. The Morgan fingerprint density at radius 2 is 1.95 bits per heavy atom. The van der Waals surface area contributed by atoms with E-state index in [9.17, 15) is 4.39 Å². The lowest BCUT2D eigenvalue weighted by atomic mass is 10.1. The average molecular weight is 288 g/mol. The highest BCUT2D eigenvalue weighted by atomic mass is 35.5. The number of rotatable bonds is 2. The van der Waals surface area contributed by atoms with Gasteiger partial charge in [0.1, 0.15) is 5.82 Å². The van der Waals surface area contributed by atoms with Gasteiger partial charge in [-0.2, -0.15) is 0 Å². The first kappa shape index (κ1) is 12.7. The number of hydrogen-bond acceptors (Lipinski definition) is 3. The lowest BCUT2D eigenvalue weighted by Gasteiger charge is -2.11. The Morgan fingerprint density at radius 3 is 2.75 bits per heavy atom. The minimum Gasteiger partial charge on any atom is -0.398 e. The van der Waals surface area contributed by atoms with Crippen LogP contribution in [0.15, 0.2) is 48.8 Å². The topological polar surface area (TPSA) is 50.9 Å². The van der Waals surface area contributed by atoms with Crippen LogP contribution in [0, 0.1) is 5.82 Å². The van der Waals surface area contributed by atoms with Crippen molar-refractivity contribution < 1.29 is 4.39 Å². The number of nitrogens with two attached hydrogens (primary N) is 1. The summed E-state index contributed by atoms with van der Waals surface area (Å²) in [5.41, 5.74) is 8.16. The molecule has 0 radical (unpaired) electrons. The van der Waals surface area contributed by atoms with Gasteiger partial charge in [0, 0.05) is 40.2 Å². The summed E-state index contributed by atoms with van der Waals surface area (Å²) in [4.78, 5) is 4.11. The second-order valence-corrected chi connectivity index (χ2v) is 4.78. The summed E-state index contributed by atoms with van der Waals surface area (Å²) >= 11 is 5.78. The lowest BCUT2D eigenvalue weighted by molar-refractivity contribution is 0.628. The van der Waals surface area contributed by atoms with Gasteiger partial charge in [0.15, 0.2) is 0 Å². The molecule has 3 nitrogen and oxygen atoms in total. The quantitative estimate of drug-likeness (QED) is 0.689. The molecule has 0 aliphatic heterocycles. The van der Waals surface area contributed by atoms with Crippen molar-refractivity contribution in [3.63, 3.8) is 0 Å². The van der Waals surface area contributed by atoms with Crippen LogP contribution in [0.3, 0.4) is 0 Å². The van der Waals surface area contributed by atoms with Crippen molar-refractivity contribution in [2.45, 2.75) is 0 Å². The molecule has 0 saturated carbocycles. The third-order valence-electron chi connectivity index (χ3n) is 3.05. The summed E-state index contributed by atoms with van der Waals surface area (Å²) in [5, 5.41) is 5.08. The van der Waals surface area contributed by atoms with Crippen LogP contribution in [-0.2, 0) is 0 Å². The van der Waals surface area contributed by atoms with E-state index in [0.717, 1.165) is 16.5 Å². The molecule has 3 rings (SSSR count). The van der Waals surface area contributed by atoms with Crippen LogP contribution in [0.25, 0.3) is 10.8 Å². The Hall–Kier alpha value is -2.33. The van der Waals surface area contributed by atoms with Crippen LogP contribution in [0.1, 0.15) is 0 Å². The zero-order valence-electron chi connectivity index (χ0n) is 10.4. The molecule has 2 aromatic carbocycles. The number of hydrogen-bond donors (Lipinski definition) is 2. The highest BCUT2D eigenvalue weighted by Crippen LogP contribution is 2.30. The van der Waals surface area contributed by atoms with Gasteiger partial charge in [-0.15, -0.1) is 0 Å². The Bertz CT molecular complexity index is 789. The predicted octanol–water partition coefficient (Wildman–Crippen LogP) is 4.35. The van der Waals surface area contributed by atoms with Crippen LogP contribution in [0.2, 0.25) is 5.02 Å². The number of nitrogens with one attached hydrogen (secondary N) is 1. The van der Waals surface area contributed by atoms with Gasteiger partial charge in [0.25, 0.3) is 0 Å². The van der Waals surface area contributed by atoms with Crippen LogP contribution >= 0.6 is 11.6 Å². The zero-order valence-corrected chi connectivity index (χ0v) is 11.2. The molecule has 100 valence electrons. The number of aromatic nitrogens is 1. The molecule has 0 fully saturated rings. The third kappa shape index (κ3) is 2.26. The first-order valence-electron chi connectivity index (χ1n) is 5.99. The fourth-order valence-corrected chi connectivity index (χ4v) is 2.23. The first-order valence-corrected chi connectivity index (χ1v) is 6.37. The molecule has 5 heteroatoms. The molecule has 0 atom stereocenters. The van der Waals surface area contributed by atoms with E-state index in [1.165, 1.54) is 12.1 Å². The van der Waals surface area contributed by atoms with E-state index >= 15 is 0 Å². The monoisotopic (exact) mass is 287 g/mol. The number of nitrogen functional groups attached to an aromatic ring is 1. The molecule has 3 aromatic rings. The predicted molar refractivity (Wildman–Crippen MR) is 80.8 cm³/mol. The molecular weight excluding hydrogens is 277 g/mol. The number of nitrogens with zero attached hydrogens (tertiary/aromatic N) is 1. The molecule has 3 N–H and O–H groups in total. The summed E-state index contributed by atoms with van der Waals surface area (Å²) in [6.07, 6.45) is 3.43. The van der Waals surface area contributed by atoms with Crippen LogP contribution < -0.4 is 11.1 Å². The summed E-state index contributed by atoms with van der Waals surface area (Å²) in [5.74, 6) is -0.443. The van der Waals surface area contributed by atoms with Crippen molar-refractivity contribution in [1.29, 1.82) is 0 Å². The minimum atomic E-state index is -0.443. The fourth-order valence-electron chi connectivity index (χ4n) is 2.05. The van der Waals surface area contributed by atoms with Crippen molar-refractivity contribution in [2.24, 2.45) is 0 Å². The SMILES string of the molecule is Nc1ccc(Nc2ccc(F)c(Cl)c2)c2cnccc12. The Balaban J connectivity index is 2.06. The molecule has 1 heterocycles. The van der Waals surface area contributed by atoms with Crippen molar-refractivity contribution in [3.05, 3.63) is 59.6 Å². The molecule has 0 aliphatic carbocycles. The van der Waals surface area contributed by atoms with Gasteiger partial charge in [0.2, 0.25) is 0 Å². The summed E-state index contributed by atoms with van der Waals surface area (Å²) in [7, 11) is 0. The van der Waals surface area contributed by atoms with Gasteiger partial charge in [-0.25, -0.2) is 4.39 Å². The molecule has 0 spiro atoms. The van der Waals surface area contributed by atoms with Crippen molar-refractivity contribution in [3.8, 4) is 0 Å². The lowest BCUT2D eigenvalue weighted by Crippen LogP contribution is -1.95. The molecule has 0 amide bonds. The number of halogens is 2. The molecule has 0 aliphatic rings. The van der Waals surface area contributed by atoms with Gasteiger partial charge in [-0.1, -0.05) is 11.6 Å². The van der Waals surface area contributed by atoms with Gasteiger partial charge in [-0.05, 0) is 36.4 Å². The number of fused-ring (bicyclic) bond motifs is 1. The van der Waals surface area contributed by atoms with E-state index in [2.05, 4.69) is 10.3 Å². The summed E-state index contributed by atoms with van der Waals surface area (Å²) in [6, 6.07) is 10.0. The normalized spacial score (nSPS) is 10.7. The summed E-state index contributed by atoms with van der Waals surface area (Å²) in [6.45, 7) is 0. The second kappa shape index (κ2) is 4.98. The Kier molecular flexibility index (Phi) is 3.16. The molecule has 20 heavy (non-hydrogen) atoms. The largest absolute Gasteiger partial charge is 0.398 e. The van der Waals surface area contributed by atoms with E-state index < -0.39 is 5.82 Å². The molecule has 1 aromatic heterocycles. The van der Waals surface area contributed by atoms with Crippen LogP contribution in [-0.4, -0.2) is 4.98 Å². The standard InChI is InChI=1S/C15H11ClFN3/c16-12-7-9(1-2-13(12)17)20-15-4-3-14(18)10-5-6-19-8-11(10)15/h1-8,20H,18H2. The van der Waals surface area contributed by atoms with E-state index in [1.54, 1.807) is 18.5 Å². The first-order chi connectivity index (χ1) is 9.65. The Morgan fingerprint density at radius 1 is 1.10 bits per heavy atom. The van der Waals surface area contributed by atoms with E-state index in [0.29, 0.717) is 11.4 Å². The van der Waals surface area contributed by atoms with Gasteiger partial charge >= 0.3 is 0 Å². The van der Waals surface area contributed by atoms with Crippen LogP contribution in [0.5, 0.6) is 0 Å². The van der Waals surface area contributed by atoms with Crippen LogP contribution in [0.4, 0.5) is 21.5 Å². The van der Waals surface area contributed by atoms with Gasteiger partial charge < -0.3 is 11.1 Å². The number of anilines is 3. The maximum atomic E-state index is 13.2. The highest BCUT2D eigenvalue weighted by molar-refractivity contribution is 6.31. The second-order valence-electron chi connectivity index (χ2n) is 4.38. The maximum Gasteiger partial charge on any atom is 0.141 e. The van der Waals surface area contributed by atoms with E-state index in [1.807, 2.05) is 18.2 Å². The third-order valence-corrected chi connectivity index (χ3v) is 3.34. The number of benzene rings is 2. The molecule has 0 saturated heterocycles. The van der Waals surface area contributed by atoms with E-state index in [-0.39, 0.29) is 5.02 Å². The smallest absolute Gasteiger partial charge is 0.141 e. The zero-order chi connectivity index (χ0) is 14.1. The Labute approximate surface area is 120 Å². The van der Waals surface area contributed by atoms with Gasteiger partial charge in [-0.3, -0.25) is 4.98 Å². The summed E-state index contributed by atoms with van der Waals surface area (Å²) < 4.78 is 13.2. The van der Waals surface area contributed by atoms with Crippen molar-refractivity contribution >= 4 is 39.4 Å². The molecular formula is C15H11ClFN3.